The van der Waals surface area contributed by atoms with Gasteiger partial charge >= 0.3 is 0 Å². The van der Waals surface area contributed by atoms with Gasteiger partial charge in [-0.1, -0.05) is 12.1 Å². The third-order valence-electron chi connectivity index (χ3n) is 4.20. The molecule has 0 aliphatic carbocycles. The lowest BCUT2D eigenvalue weighted by molar-refractivity contribution is 0.102. The van der Waals surface area contributed by atoms with Crippen molar-refractivity contribution >= 4 is 17.6 Å². The van der Waals surface area contributed by atoms with Crippen LogP contribution in [0, 0.1) is 13.8 Å². The van der Waals surface area contributed by atoms with E-state index in [0.717, 1.165) is 12.8 Å². The second kappa shape index (κ2) is 6.96. The SMILES string of the molecule is Cc1nc(C(=O)Nc2ccc(CC[C@@H]3N=C(N)O[C@H]3C)cc2)c(C)o1. The highest BCUT2D eigenvalue weighted by Gasteiger charge is 2.25. The highest BCUT2D eigenvalue weighted by Crippen LogP contribution is 2.19. The molecule has 1 aliphatic heterocycles. The van der Waals surface area contributed by atoms with E-state index in [1.54, 1.807) is 13.8 Å². The van der Waals surface area contributed by atoms with Gasteiger partial charge in [0.25, 0.3) is 11.9 Å². The van der Waals surface area contributed by atoms with Crippen LogP contribution in [0.3, 0.4) is 0 Å². The first-order chi connectivity index (χ1) is 11.9. The van der Waals surface area contributed by atoms with Crippen LogP contribution in [0.4, 0.5) is 5.69 Å². The molecular weight excluding hydrogens is 320 g/mol. The average Bonchev–Trinajstić information content (AvgIpc) is 3.07. The molecule has 1 aromatic heterocycles. The minimum atomic E-state index is -0.274. The molecule has 7 nitrogen and oxygen atoms in total. The maximum atomic E-state index is 12.2. The lowest BCUT2D eigenvalue weighted by Crippen LogP contribution is -2.20. The first kappa shape index (κ1) is 17.0. The number of oxazole rings is 1. The van der Waals surface area contributed by atoms with Gasteiger partial charge in [0.15, 0.2) is 11.6 Å². The van der Waals surface area contributed by atoms with E-state index in [0.29, 0.717) is 23.0 Å². The number of nitrogens with two attached hydrogens (primary N) is 1. The van der Waals surface area contributed by atoms with Crippen molar-refractivity contribution in [1.82, 2.24) is 4.98 Å². The molecule has 1 aromatic carbocycles. The molecule has 0 unspecified atom stereocenters. The van der Waals surface area contributed by atoms with E-state index in [-0.39, 0.29) is 24.1 Å². The Morgan fingerprint density at radius 1 is 1.28 bits per heavy atom. The van der Waals surface area contributed by atoms with Crippen LogP contribution in [0.25, 0.3) is 0 Å². The number of anilines is 1. The van der Waals surface area contributed by atoms with Crippen molar-refractivity contribution in [2.45, 2.75) is 45.8 Å². The number of aliphatic imine (C=N–C) groups is 1. The fraction of sp³-hybridized carbons (Fsp3) is 0.389. The van der Waals surface area contributed by atoms with Crippen LogP contribution >= 0.6 is 0 Å². The quantitative estimate of drug-likeness (QED) is 0.869. The molecule has 0 radical (unpaired) electrons. The van der Waals surface area contributed by atoms with Gasteiger partial charge in [0.1, 0.15) is 11.9 Å². The van der Waals surface area contributed by atoms with E-state index in [4.69, 9.17) is 14.9 Å². The van der Waals surface area contributed by atoms with E-state index >= 15 is 0 Å². The zero-order valence-corrected chi connectivity index (χ0v) is 14.6. The predicted octanol–water partition coefficient (Wildman–Crippen LogP) is 2.58. The molecule has 3 rings (SSSR count). The van der Waals surface area contributed by atoms with Gasteiger partial charge in [0.2, 0.25) is 0 Å². The van der Waals surface area contributed by atoms with Gasteiger partial charge in [0, 0.05) is 12.6 Å². The molecule has 0 spiro atoms. The van der Waals surface area contributed by atoms with Crippen molar-refractivity contribution in [2.75, 3.05) is 5.32 Å². The number of carbonyl (C=O) groups excluding carboxylic acids is 1. The molecule has 25 heavy (non-hydrogen) atoms. The number of nitrogens with zero attached hydrogens (tertiary/aromatic N) is 2. The molecule has 132 valence electrons. The predicted molar refractivity (Wildman–Crippen MR) is 94.7 cm³/mol. The summed E-state index contributed by atoms with van der Waals surface area (Å²) in [4.78, 5) is 20.6. The van der Waals surface area contributed by atoms with Crippen molar-refractivity contribution in [3.63, 3.8) is 0 Å². The Bertz CT molecular complexity index is 795. The zero-order valence-electron chi connectivity index (χ0n) is 14.6. The van der Waals surface area contributed by atoms with E-state index < -0.39 is 0 Å². The molecular formula is C18H22N4O3. The summed E-state index contributed by atoms with van der Waals surface area (Å²) < 4.78 is 10.6. The molecule has 1 aliphatic rings. The van der Waals surface area contributed by atoms with Gasteiger partial charge in [-0.15, -0.1) is 0 Å². The van der Waals surface area contributed by atoms with Crippen LogP contribution in [0.2, 0.25) is 0 Å². The standard InChI is InChI=1S/C18H22N4O3/c1-10-15(22-18(19)25-10)9-6-13-4-7-14(8-5-13)21-17(23)16-11(2)24-12(3)20-16/h4-5,7-8,10,15H,6,9H2,1-3H3,(H2,19,22)(H,21,23)/t10-,15-/m0/s1. The van der Waals surface area contributed by atoms with Gasteiger partial charge in [0.05, 0.1) is 6.04 Å². The third kappa shape index (κ3) is 3.99. The summed E-state index contributed by atoms with van der Waals surface area (Å²) in [6, 6.07) is 8.10. The molecule has 2 atom stereocenters. The highest BCUT2D eigenvalue weighted by molar-refractivity contribution is 6.03. The second-order valence-electron chi connectivity index (χ2n) is 6.19. The molecule has 7 heteroatoms. The Morgan fingerprint density at radius 2 is 2.00 bits per heavy atom. The first-order valence-corrected chi connectivity index (χ1v) is 8.26. The Kier molecular flexibility index (Phi) is 4.74. The van der Waals surface area contributed by atoms with Crippen LogP contribution in [0.5, 0.6) is 0 Å². The van der Waals surface area contributed by atoms with Gasteiger partial charge in [-0.3, -0.25) is 4.79 Å². The van der Waals surface area contributed by atoms with Crippen molar-refractivity contribution in [3.8, 4) is 0 Å². The van der Waals surface area contributed by atoms with Crippen LogP contribution in [-0.2, 0) is 11.2 Å². The summed E-state index contributed by atoms with van der Waals surface area (Å²) in [6.07, 6.45) is 1.75. The molecule has 0 saturated heterocycles. The highest BCUT2D eigenvalue weighted by atomic mass is 16.5. The molecule has 2 aromatic rings. The fourth-order valence-corrected chi connectivity index (χ4v) is 2.87. The molecule has 0 saturated carbocycles. The van der Waals surface area contributed by atoms with Crippen molar-refractivity contribution < 1.29 is 13.9 Å². The molecule has 0 fully saturated rings. The minimum absolute atomic E-state index is 0.0210. The van der Waals surface area contributed by atoms with Gasteiger partial charge in [-0.25, -0.2) is 9.98 Å². The third-order valence-corrected chi connectivity index (χ3v) is 4.20. The zero-order chi connectivity index (χ0) is 18.0. The van der Waals surface area contributed by atoms with E-state index in [2.05, 4.69) is 15.3 Å². The first-order valence-electron chi connectivity index (χ1n) is 8.26. The average molecular weight is 342 g/mol. The number of benzene rings is 1. The summed E-state index contributed by atoms with van der Waals surface area (Å²) in [5.74, 6) is 0.717. The fourth-order valence-electron chi connectivity index (χ4n) is 2.87. The number of hydrogen-bond acceptors (Lipinski definition) is 6. The van der Waals surface area contributed by atoms with Crippen molar-refractivity contribution in [3.05, 3.63) is 47.2 Å². The number of amides is 1. The molecule has 1 amide bonds. The number of aromatic nitrogens is 1. The Labute approximate surface area is 146 Å². The second-order valence-corrected chi connectivity index (χ2v) is 6.19. The number of hydrogen-bond donors (Lipinski definition) is 2. The lowest BCUT2D eigenvalue weighted by Gasteiger charge is -2.12. The summed E-state index contributed by atoms with van der Waals surface area (Å²) in [5.41, 5.74) is 7.78. The van der Waals surface area contributed by atoms with E-state index in [9.17, 15) is 4.79 Å². The number of nitrogens with one attached hydrogen (secondary N) is 1. The largest absolute Gasteiger partial charge is 0.460 e. The Hall–Kier alpha value is -2.83. The number of rotatable bonds is 5. The minimum Gasteiger partial charge on any atom is -0.460 e. The molecule has 3 N–H and O–H groups in total. The van der Waals surface area contributed by atoms with Crippen LogP contribution in [0.15, 0.2) is 33.7 Å². The summed E-state index contributed by atoms with van der Waals surface area (Å²) in [6.45, 7) is 5.41. The molecule has 0 bridgehead atoms. The molecule has 2 heterocycles. The topological polar surface area (TPSA) is 103 Å². The number of carbonyl (C=O) groups is 1. The normalized spacial score (nSPS) is 19.4. The maximum Gasteiger partial charge on any atom is 0.282 e. The summed E-state index contributed by atoms with van der Waals surface area (Å²) >= 11 is 0. The monoisotopic (exact) mass is 342 g/mol. The number of ether oxygens (including phenoxy) is 1. The van der Waals surface area contributed by atoms with Gasteiger partial charge in [-0.2, -0.15) is 0 Å². The van der Waals surface area contributed by atoms with Gasteiger partial charge < -0.3 is 20.2 Å². The lowest BCUT2D eigenvalue weighted by atomic mass is 10.0. The van der Waals surface area contributed by atoms with Crippen molar-refractivity contribution in [2.24, 2.45) is 10.7 Å². The van der Waals surface area contributed by atoms with Gasteiger partial charge in [-0.05, 0) is 44.4 Å². The summed E-state index contributed by atoms with van der Waals surface area (Å²) in [7, 11) is 0. The number of amidine groups is 1. The Morgan fingerprint density at radius 3 is 2.56 bits per heavy atom. The van der Waals surface area contributed by atoms with Crippen LogP contribution in [-0.4, -0.2) is 29.1 Å². The Balaban J connectivity index is 1.57. The maximum absolute atomic E-state index is 12.2. The smallest absolute Gasteiger partial charge is 0.282 e. The van der Waals surface area contributed by atoms with E-state index in [1.165, 1.54) is 5.56 Å². The van der Waals surface area contributed by atoms with Crippen LogP contribution in [0.1, 0.15) is 41.0 Å². The van der Waals surface area contributed by atoms with Crippen LogP contribution < -0.4 is 11.1 Å². The van der Waals surface area contributed by atoms with Crippen molar-refractivity contribution in [1.29, 1.82) is 0 Å². The summed E-state index contributed by atoms with van der Waals surface area (Å²) in [5, 5.41) is 2.83. The number of aryl methyl sites for hydroxylation is 3. The van der Waals surface area contributed by atoms with E-state index in [1.807, 2.05) is 31.2 Å².